The van der Waals surface area contributed by atoms with Crippen molar-refractivity contribution in [1.82, 2.24) is 20.6 Å². The van der Waals surface area contributed by atoms with Crippen LogP contribution in [0.25, 0.3) is 10.9 Å². The average Bonchev–Trinajstić information content (AvgIpc) is 3.17. The number of thiazole rings is 1. The van der Waals surface area contributed by atoms with E-state index in [4.69, 9.17) is 4.99 Å². The standard InChI is InChI=1S/C21H29N5S.HI/c1-5-22-21(24-11-9-20-26-15(3)16(4)27-20)23-10-8-17-13-25-19-12-14(2)6-7-18(17)19;/h6-7,12-13,25H,5,8-11H2,1-4H3,(H2,22,23,24);1H. The molecule has 0 unspecified atom stereocenters. The van der Waals surface area contributed by atoms with E-state index in [0.29, 0.717) is 0 Å². The lowest BCUT2D eigenvalue weighted by Gasteiger charge is -2.11. The molecule has 5 nitrogen and oxygen atoms in total. The van der Waals surface area contributed by atoms with Gasteiger partial charge in [-0.3, -0.25) is 4.99 Å². The van der Waals surface area contributed by atoms with E-state index in [9.17, 15) is 0 Å². The van der Waals surface area contributed by atoms with Gasteiger partial charge < -0.3 is 15.6 Å². The number of H-pyrrole nitrogens is 1. The van der Waals surface area contributed by atoms with E-state index in [1.807, 2.05) is 0 Å². The lowest BCUT2D eigenvalue weighted by atomic mass is 10.1. The van der Waals surface area contributed by atoms with E-state index in [0.717, 1.165) is 44.1 Å². The zero-order valence-corrected chi connectivity index (χ0v) is 20.2. The number of aliphatic imine (C=N–C) groups is 1. The number of aromatic amines is 1. The van der Waals surface area contributed by atoms with Crippen LogP contribution in [0.4, 0.5) is 0 Å². The van der Waals surface area contributed by atoms with Crippen molar-refractivity contribution in [3.63, 3.8) is 0 Å². The number of aromatic nitrogens is 2. The van der Waals surface area contributed by atoms with Crippen LogP contribution in [-0.2, 0) is 12.8 Å². The fourth-order valence-corrected chi connectivity index (χ4v) is 4.00. The Kier molecular flexibility index (Phi) is 8.75. The van der Waals surface area contributed by atoms with Gasteiger partial charge in [0.15, 0.2) is 5.96 Å². The largest absolute Gasteiger partial charge is 0.361 e. The number of hydrogen-bond donors (Lipinski definition) is 3. The number of nitrogens with one attached hydrogen (secondary N) is 3. The summed E-state index contributed by atoms with van der Waals surface area (Å²) in [4.78, 5) is 14.0. The van der Waals surface area contributed by atoms with Crippen LogP contribution in [0.1, 0.15) is 33.6 Å². The fourth-order valence-electron chi connectivity index (χ4n) is 3.07. The van der Waals surface area contributed by atoms with Crippen molar-refractivity contribution in [1.29, 1.82) is 0 Å². The summed E-state index contributed by atoms with van der Waals surface area (Å²) < 4.78 is 0. The van der Waals surface area contributed by atoms with Crippen LogP contribution in [0.15, 0.2) is 29.4 Å². The lowest BCUT2D eigenvalue weighted by molar-refractivity contribution is 0.798. The van der Waals surface area contributed by atoms with E-state index < -0.39 is 0 Å². The monoisotopic (exact) mass is 511 g/mol. The molecular formula is C21H30IN5S. The first-order valence-corrected chi connectivity index (χ1v) is 10.4. The quantitative estimate of drug-likeness (QED) is 0.249. The van der Waals surface area contributed by atoms with Crippen molar-refractivity contribution < 1.29 is 0 Å². The van der Waals surface area contributed by atoms with Crippen LogP contribution in [0.3, 0.4) is 0 Å². The molecule has 28 heavy (non-hydrogen) atoms. The molecular weight excluding hydrogens is 481 g/mol. The Morgan fingerprint density at radius 3 is 2.71 bits per heavy atom. The highest BCUT2D eigenvalue weighted by molar-refractivity contribution is 14.0. The molecule has 0 amide bonds. The van der Waals surface area contributed by atoms with Gasteiger partial charge in [-0.2, -0.15) is 0 Å². The molecule has 3 rings (SSSR count). The predicted molar refractivity (Wildman–Crippen MR) is 131 cm³/mol. The fraction of sp³-hybridized carbons (Fsp3) is 0.429. The molecule has 0 aliphatic rings. The number of fused-ring (bicyclic) bond motifs is 1. The Balaban J connectivity index is 0.00000280. The number of aryl methyl sites for hydroxylation is 3. The van der Waals surface area contributed by atoms with E-state index in [2.05, 4.69) is 72.7 Å². The van der Waals surface area contributed by atoms with Gasteiger partial charge in [-0.15, -0.1) is 35.3 Å². The van der Waals surface area contributed by atoms with Crippen molar-refractivity contribution in [2.45, 2.75) is 40.5 Å². The van der Waals surface area contributed by atoms with Crippen LogP contribution in [0.2, 0.25) is 0 Å². The van der Waals surface area contributed by atoms with Gasteiger partial charge in [0.2, 0.25) is 0 Å². The summed E-state index contributed by atoms with van der Waals surface area (Å²) in [6, 6.07) is 6.56. The van der Waals surface area contributed by atoms with Crippen LogP contribution >= 0.6 is 35.3 Å². The maximum absolute atomic E-state index is 4.69. The minimum Gasteiger partial charge on any atom is -0.361 e. The second-order valence-corrected chi connectivity index (χ2v) is 8.09. The third-order valence-corrected chi connectivity index (χ3v) is 5.75. The summed E-state index contributed by atoms with van der Waals surface area (Å²) in [5, 5.41) is 9.24. The maximum Gasteiger partial charge on any atom is 0.191 e. The molecule has 0 bridgehead atoms. The topological polar surface area (TPSA) is 65.1 Å². The highest BCUT2D eigenvalue weighted by atomic mass is 127. The van der Waals surface area contributed by atoms with Crippen molar-refractivity contribution >= 4 is 52.2 Å². The highest BCUT2D eigenvalue weighted by Gasteiger charge is 2.05. The second-order valence-electron chi connectivity index (χ2n) is 6.80. The molecule has 3 N–H and O–H groups in total. The van der Waals surface area contributed by atoms with Gasteiger partial charge in [0.25, 0.3) is 0 Å². The molecule has 0 spiro atoms. The summed E-state index contributed by atoms with van der Waals surface area (Å²) in [5.74, 6) is 0.873. The molecule has 0 aliphatic carbocycles. The Labute approximate surface area is 188 Å². The summed E-state index contributed by atoms with van der Waals surface area (Å²) in [6.07, 6.45) is 3.96. The Hall–Kier alpha value is -1.61. The zero-order valence-electron chi connectivity index (χ0n) is 17.1. The first-order chi connectivity index (χ1) is 13.1. The summed E-state index contributed by atoms with van der Waals surface area (Å²) in [6.45, 7) is 10.8. The molecule has 1 aromatic carbocycles. The SMILES string of the molecule is CCNC(=NCCc1nc(C)c(C)s1)NCCc1c[nH]c2cc(C)ccc12.I. The van der Waals surface area contributed by atoms with E-state index in [1.54, 1.807) is 11.3 Å². The number of nitrogens with zero attached hydrogens (tertiary/aromatic N) is 2. The first kappa shape index (κ1) is 22.7. The molecule has 2 aromatic heterocycles. The van der Waals surface area contributed by atoms with Gasteiger partial charge in [0.05, 0.1) is 10.7 Å². The second kappa shape index (κ2) is 10.8. The summed E-state index contributed by atoms with van der Waals surface area (Å²) in [5.41, 5.74) is 4.96. The van der Waals surface area contributed by atoms with E-state index in [-0.39, 0.29) is 24.0 Å². The smallest absolute Gasteiger partial charge is 0.191 e. The molecule has 0 aliphatic heterocycles. The number of benzene rings is 1. The van der Waals surface area contributed by atoms with E-state index in [1.165, 1.54) is 31.9 Å². The minimum absolute atomic E-state index is 0. The van der Waals surface area contributed by atoms with Crippen LogP contribution in [0, 0.1) is 20.8 Å². The molecule has 0 saturated carbocycles. The summed E-state index contributed by atoms with van der Waals surface area (Å²) >= 11 is 1.77. The molecule has 3 aromatic rings. The predicted octanol–water partition coefficient (Wildman–Crippen LogP) is 4.51. The third kappa shape index (κ3) is 5.94. The van der Waals surface area contributed by atoms with Gasteiger partial charge in [0.1, 0.15) is 0 Å². The molecule has 2 heterocycles. The minimum atomic E-state index is 0. The van der Waals surface area contributed by atoms with Crippen molar-refractivity contribution in [3.8, 4) is 0 Å². The van der Waals surface area contributed by atoms with Crippen LogP contribution in [-0.4, -0.2) is 35.6 Å². The van der Waals surface area contributed by atoms with Crippen molar-refractivity contribution in [2.24, 2.45) is 4.99 Å². The van der Waals surface area contributed by atoms with Gasteiger partial charge in [0, 0.05) is 48.0 Å². The normalized spacial score (nSPS) is 11.5. The van der Waals surface area contributed by atoms with Crippen LogP contribution < -0.4 is 10.6 Å². The Bertz CT molecular complexity index is 909. The Morgan fingerprint density at radius 1 is 1.18 bits per heavy atom. The van der Waals surface area contributed by atoms with Crippen LogP contribution in [0.5, 0.6) is 0 Å². The van der Waals surface area contributed by atoms with Gasteiger partial charge in [-0.25, -0.2) is 4.98 Å². The van der Waals surface area contributed by atoms with Crippen molar-refractivity contribution in [3.05, 3.63) is 51.1 Å². The maximum atomic E-state index is 4.69. The number of rotatable bonds is 7. The highest BCUT2D eigenvalue weighted by Crippen LogP contribution is 2.19. The molecule has 0 fully saturated rings. The van der Waals surface area contributed by atoms with Gasteiger partial charge >= 0.3 is 0 Å². The Morgan fingerprint density at radius 2 is 2.00 bits per heavy atom. The molecule has 0 saturated heterocycles. The van der Waals surface area contributed by atoms with E-state index >= 15 is 0 Å². The van der Waals surface area contributed by atoms with Gasteiger partial charge in [-0.1, -0.05) is 12.1 Å². The zero-order chi connectivity index (χ0) is 19.2. The lowest BCUT2D eigenvalue weighted by Crippen LogP contribution is -2.38. The molecule has 7 heteroatoms. The third-order valence-electron chi connectivity index (χ3n) is 4.62. The molecule has 152 valence electrons. The molecule has 0 atom stereocenters. The summed E-state index contributed by atoms with van der Waals surface area (Å²) in [7, 11) is 0. The molecule has 0 radical (unpaired) electrons. The number of halogens is 1. The average molecular weight is 511 g/mol. The number of hydrogen-bond acceptors (Lipinski definition) is 3. The van der Waals surface area contributed by atoms with Crippen molar-refractivity contribution in [2.75, 3.05) is 19.6 Å². The van der Waals surface area contributed by atoms with Gasteiger partial charge in [-0.05, 0) is 51.3 Å². The first-order valence-electron chi connectivity index (χ1n) is 9.58. The number of guanidine groups is 1.